The van der Waals surface area contributed by atoms with Crippen LogP contribution in [0, 0.1) is 0 Å². The van der Waals surface area contributed by atoms with E-state index in [9.17, 15) is 4.79 Å². The molecule has 0 saturated carbocycles. The second-order valence-corrected chi connectivity index (χ2v) is 5.20. The molecule has 4 heteroatoms. The van der Waals surface area contributed by atoms with Gasteiger partial charge in [0.05, 0.1) is 12.2 Å². The number of carbonyl (C=O) groups excluding carboxylic acids is 1. The average Bonchev–Trinajstić information content (AvgIpc) is 2.47. The predicted molar refractivity (Wildman–Crippen MR) is 77.8 cm³/mol. The summed E-state index contributed by atoms with van der Waals surface area (Å²) in [6, 6.07) is 15.0. The molecule has 1 aliphatic heterocycles. The summed E-state index contributed by atoms with van der Waals surface area (Å²) in [5.74, 6) is 0.766. The van der Waals surface area contributed by atoms with E-state index in [0.717, 1.165) is 15.9 Å². The maximum Gasteiger partial charge on any atom is 0.258 e. The van der Waals surface area contributed by atoms with E-state index in [2.05, 4.69) is 15.9 Å². The molecule has 0 bridgehead atoms. The molecule has 0 spiro atoms. The highest BCUT2D eigenvalue weighted by Crippen LogP contribution is 2.31. The second kappa shape index (κ2) is 5.05. The number of halogens is 1. The number of hydrogen-bond donors (Lipinski definition) is 0. The largest absolute Gasteiger partial charge is 0.490 e. The van der Waals surface area contributed by atoms with Gasteiger partial charge in [0.2, 0.25) is 0 Å². The molecule has 0 N–H and O–H groups in total. The molecule has 3 rings (SSSR count). The number of hydrogen-bond acceptors (Lipinski definition) is 2. The Morgan fingerprint density at radius 2 is 1.84 bits per heavy atom. The minimum absolute atomic E-state index is 0.00301. The number of benzene rings is 2. The first kappa shape index (κ1) is 12.2. The molecule has 0 unspecified atom stereocenters. The normalized spacial score (nSPS) is 13.6. The Kier molecular flexibility index (Phi) is 3.25. The van der Waals surface area contributed by atoms with Crippen molar-refractivity contribution in [3.05, 3.63) is 58.6 Å². The van der Waals surface area contributed by atoms with Crippen LogP contribution in [-0.2, 0) is 0 Å². The number of amides is 1. The highest BCUT2D eigenvalue weighted by Gasteiger charge is 2.24. The quantitative estimate of drug-likeness (QED) is 0.805. The Morgan fingerprint density at radius 3 is 2.63 bits per heavy atom. The molecule has 0 aromatic heterocycles. The third kappa shape index (κ3) is 2.36. The zero-order valence-electron chi connectivity index (χ0n) is 10.2. The van der Waals surface area contributed by atoms with Crippen LogP contribution in [0.4, 0.5) is 5.69 Å². The Morgan fingerprint density at radius 1 is 1.11 bits per heavy atom. The molecule has 1 amide bonds. The van der Waals surface area contributed by atoms with Gasteiger partial charge in [-0.05, 0) is 36.4 Å². The number of fused-ring (bicyclic) bond motifs is 1. The van der Waals surface area contributed by atoms with Crippen LogP contribution in [0.15, 0.2) is 53.0 Å². The molecular formula is C15H12BrNO2. The number of ether oxygens (including phenoxy) is 1. The standard InChI is InChI=1S/C15H12BrNO2/c16-12-7-5-11(6-8-12)15(18)17-9-10-19-14-4-2-1-3-13(14)17/h1-8H,9-10H2. The molecule has 0 fully saturated rings. The molecule has 96 valence electrons. The van der Waals surface area contributed by atoms with Crippen molar-refractivity contribution in [2.45, 2.75) is 0 Å². The fraction of sp³-hybridized carbons (Fsp3) is 0.133. The van der Waals surface area contributed by atoms with E-state index in [0.29, 0.717) is 18.7 Å². The van der Waals surface area contributed by atoms with Crippen molar-refractivity contribution in [3.8, 4) is 5.75 Å². The van der Waals surface area contributed by atoms with Gasteiger partial charge < -0.3 is 9.64 Å². The Labute approximate surface area is 119 Å². The zero-order chi connectivity index (χ0) is 13.2. The van der Waals surface area contributed by atoms with Crippen LogP contribution in [0.3, 0.4) is 0 Å². The number of nitrogens with zero attached hydrogens (tertiary/aromatic N) is 1. The highest BCUT2D eigenvalue weighted by atomic mass is 79.9. The van der Waals surface area contributed by atoms with E-state index in [1.54, 1.807) is 4.90 Å². The summed E-state index contributed by atoms with van der Waals surface area (Å²) in [4.78, 5) is 14.3. The lowest BCUT2D eigenvalue weighted by atomic mass is 10.1. The van der Waals surface area contributed by atoms with E-state index < -0.39 is 0 Å². The van der Waals surface area contributed by atoms with Crippen molar-refractivity contribution in [1.82, 2.24) is 0 Å². The monoisotopic (exact) mass is 317 g/mol. The van der Waals surface area contributed by atoms with Crippen LogP contribution in [0.5, 0.6) is 5.75 Å². The fourth-order valence-electron chi connectivity index (χ4n) is 2.13. The first-order chi connectivity index (χ1) is 9.25. The SMILES string of the molecule is O=C(c1ccc(Br)cc1)N1CCOc2ccccc21. The first-order valence-electron chi connectivity index (χ1n) is 6.05. The van der Waals surface area contributed by atoms with Gasteiger partial charge in [-0.25, -0.2) is 0 Å². The van der Waals surface area contributed by atoms with Crippen LogP contribution >= 0.6 is 15.9 Å². The van der Waals surface area contributed by atoms with Crippen LogP contribution in [0.1, 0.15) is 10.4 Å². The van der Waals surface area contributed by atoms with Crippen LogP contribution in [0.25, 0.3) is 0 Å². The fourth-order valence-corrected chi connectivity index (χ4v) is 2.39. The molecule has 3 nitrogen and oxygen atoms in total. The lowest BCUT2D eigenvalue weighted by molar-refractivity contribution is 0.0976. The number of rotatable bonds is 1. The Balaban J connectivity index is 1.95. The maximum absolute atomic E-state index is 12.5. The highest BCUT2D eigenvalue weighted by molar-refractivity contribution is 9.10. The summed E-state index contributed by atoms with van der Waals surface area (Å²) in [5.41, 5.74) is 1.52. The molecule has 19 heavy (non-hydrogen) atoms. The molecule has 0 atom stereocenters. The summed E-state index contributed by atoms with van der Waals surface area (Å²) < 4.78 is 6.52. The third-order valence-electron chi connectivity index (χ3n) is 3.06. The summed E-state index contributed by atoms with van der Waals surface area (Å²) in [5, 5.41) is 0. The van der Waals surface area contributed by atoms with Crippen molar-refractivity contribution >= 4 is 27.5 Å². The summed E-state index contributed by atoms with van der Waals surface area (Å²) in [7, 11) is 0. The topological polar surface area (TPSA) is 29.5 Å². The van der Waals surface area contributed by atoms with Crippen molar-refractivity contribution in [3.63, 3.8) is 0 Å². The van der Waals surface area contributed by atoms with Gasteiger partial charge in [-0.3, -0.25) is 4.79 Å². The minimum atomic E-state index is 0.00301. The summed E-state index contributed by atoms with van der Waals surface area (Å²) in [6.07, 6.45) is 0. The molecule has 0 aliphatic carbocycles. The van der Waals surface area contributed by atoms with Crippen LogP contribution in [-0.4, -0.2) is 19.1 Å². The zero-order valence-corrected chi connectivity index (χ0v) is 11.8. The molecule has 1 heterocycles. The first-order valence-corrected chi connectivity index (χ1v) is 6.84. The van der Waals surface area contributed by atoms with E-state index in [1.807, 2.05) is 48.5 Å². The van der Waals surface area contributed by atoms with Crippen molar-refractivity contribution < 1.29 is 9.53 Å². The molecule has 1 aliphatic rings. The van der Waals surface area contributed by atoms with Gasteiger partial charge in [0.1, 0.15) is 12.4 Å². The molecular weight excluding hydrogens is 306 g/mol. The van der Waals surface area contributed by atoms with E-state index in [-0.39, 0.29) is 5.91 Å². The van der Waals surface area contributed by atoms with Gasteiger partial charge in [0.15, 0.2) is 0 Å². The van der Waals surface area contributed by atoms with E-state index in [1.165, 1.54) is 0 Å². The van der Waals surface area contributed by atoms with Gasteiger partial charge in [-0.1, -0.05) is 28.1 Å². The lowest BCUT2D eigenvalue weighted by Gasteiger charge is -2.29. The van der Waals surface area contributed by atoms with Gasteiger partial charge >= 0.3 is 0 Å². The maximum atomic E-state index is 12.5. The number of para-hydroxylation sites is 2. The molecule has 0 saturated heterocycles. The molecule has 2 aromatic carbocycles. The van der Waals surface area contributed by atoms with Crippen LogP contribution in [0.2, 0.25) is 0 Å². The van der Waals surface area contributed by atoms with E-state index in [4.69, 9.17) is 4.74 Å². The third-order valence-corrected chi connectivity index (χ3v) is 3.59. The van der Waals surface area contributed by atoms with Gasteiger partial charge in [-0.2, -0.15) is 0 Å². The van der Waals surface area contributed by atoms with Crippen molar-refractivity contribution in [2.75, 3.05) is 18.1 Å². The Hall–Kier alpha value is -1.81. The predicted octanol–water partition coefficient (Wildman–Crippen LogP) is 3.49. The van der Waals surface area contributed by atoms with Crippen molar-refractivity contribution in [1.29, 1.82) is 0 Å². The number of anilines is 1. The second-order valence-electron chi connectivity index (χ2n) is 4.28. The number of carbonyl (C=O) groups is 1. The molecule has 2 aromatic rings. The molecule has 0 radical (unpaired) electrons. The lowest BCUT2D eigenvalue weighted by Crippen LogP contribution is -2.37. The smallest absolute Gasteiger partial charge is 0.258 e. The summed E-state index contributed by atoms with van der Waals surface area (Å²) in [6.45, 7) is 1.10. The minimum Gasteiger partial charge on any atom is -0.490 e. The Bertz CT molecular complexity index is 610. The van der Waals surface area contributed by atoms with E-state index >= 15 is 0 Å². The van der Waals surface area contributed by atoms with Crippen LogP contribution < -0.4 is 9.64 Å². The van der Waals surface area contributed by atoms with Gasteiger partial charge in [-0.15, -0.1) is 0 Å². The van der Waals surface area contributed by atoms with Crippen molar-refractivity contribution in [2.24, 2.45) is 0 Å². The van der Waals surface area contributed by atoms with Gasteiger partial charge in [0.25, 0.3) is 5.91 Å². The summed E-state index contributed by atoms with van der Waals surface area (Å²) >= 11 is 3.37. The average molecular weight is 318 g/mol. The van der Waals surface area contributed by atoms with Gasteiger partial charge in [0, 0.05) is 10.0 Å².